The van der Waals surface area contributed by atoms with E-state index in [1.54, 1.807) is 12.3 Å². The molecule has 1 aliphatic carbocycles. The van der Waals surface area contributed by atoms with E-state index in [0.717, 1.165) is 22.8 Å². The van der Waals surface area contributed by atoms with Crippen LogP contribution in [0.4, 0.5) is 5.82 Å². The van der Waals surface area contributed by atoms with Gasteiger partial charge in [0.2, 0.25) is 0 Å². The van der Waals surface area contributed by atoms with Crippen molar-refractivity contribution in [3.8, 4) is 0 Å². The summed E-state index contributed by atoms with van der Waals surface area (Å²) in [6.07, 6.45) is 8.69. The number of benzene rings is 1. The molecule has 0 bridgehead atoms. The molecule has 1 saturated carbocycles. The standard InChI is InChI=1S/C20H24ClN3O/c21-17-8-6-15(7-9-17)10-12-23-20(25)16-11-13-22-19(14-16)24-18-4-2-1-3-5-18/h6-9,11,13-14,18H,1-5,10,12H2,(H,22,24)(H,23,25). The Morgan fingerprint density at radius 2 is 1.88 bits per heavy atom. The van der Waals surface area contributed by atoms with Crippen molar-refractivity contribution < 1.29 is 4.79 Å². The maximum absolute atomic E-state index is 12.3. The minimum absolute atomic E-state index is 0.0666. The predicted octanol–water partition coefficient (Wildman–Crippen LogP) is 4.45. The van der Waals surface area contributed by atoms with Crippen molar-refractivity contribution in [2.45, 2.75) is 44.6 Å². The second-order valence-corrected chi connectivity index (χ2v) is 6.98. The molecule has 2 aromatic rings. The Bertz CT molecular complexity index is 696. The van der Waals surface area contributed by atoms with Crippen LogP contribution >= 0.6 is 11.6 Å². The molecule has 1 aromatic heterocycles. The number of nitrogens with zero attached hydrogens (tertiary/aromatic N) is 1. The minimum atomic E-state index is -0.0666. The lowest BCUT2D eigenvalue weighted by molar-refractivity contribution is 0.0954. The molecule has 1 amide bonds. The zero-order chi connectivity index (χ0) is 17.5. The van der Waals surface area contributed by atoms with Crippen LogP contribution in [0.5, 0.6) is 0 Å². The third-order valence-corrected chi connectivity index (χ3v) is 4.84. The van der Waals surface area contributed by atoms with Gasteiger partial charge in [-0.15, -0.1) is 0 Å². The van der Waals surface area contributed by atoms with Gasteiger partial charge >= 0.3 is 0 Å². The average Bonchev–Trinajstić information content (AvgIpc) is 2.64. The number of hydrogen-bond acceptors (Lipinski definition) is 3. The van der Waals surface area contributed by atoms with E-state index in [4.69, 9.17) is 11.6 Å². The minimum Gasteiger partial charge on any atom is -0.367 e. The molecule has 0 atom stereocenters. The number of nitrogens with one attached hydrogen (secondary N) is 2. The first-order valence-corrected chi connectivity index (χ1v) is 9.34. The molecular formula is C20H24ClN3O. The normalized spacial score (nSPS) is 14.9. The molecule has 0 unspecified atom stereocenters. The highest BCUT2D eigenvalue weighted by Gasteiger charge is 2.14. The van der Waals surface area contributed by atoms with Crippen LogP contribution in [0, 0.1) is 0 Å². The van der Waals surface area contributed by atoms with Crippen molar-refractivity contribution in [2.24, 2.45) is 0 Å². The van der Waals surface area contributed by atoms with Crippen LogP contribution in [0.2, 0.25) is 5.02 Å². The number of amides is 1. The SMILES string of the molecule is O=C(NCCc1ccc(Cl)cc1)c1ccnc(NC2CCCCC2)c1. The van der Waals surface area contributed by atoms with E-state index in [-0.39, 0.29) is 5.91 Å². The fourth-order valence-electron chi connectivity index (χ4n) is 3.18. The highest BCUT2D eigenvalue weighted by Crippen LogP contribution is 2.21. The van der Waals surface area contributed by atoms with Gasteiger partial charge in [-0.25, -0.2) is 4.98 Å². The Hall–Kier alpha value is -2.07. The third-order valence-electron chi connectivity index (χ3n) is 4.59. The van der Waals surface area contributed by atoms with Gasteiger partial charge in [0.05, 0.1) is 0 Å². The van der Waals surface area contributed by atoms with Gasteiger partial charge in [-0.05, 0) is 49.1 Å². The lowest BCUT2D eigenvalue weighted by Crippen LogP contribution is -2.26. The van der Waals surface area contributed by atoms with Gasteiger partial charge in [0.15, 0.2) is 0 Å². The topological polar surface area (TPSA) is 54.0 Å². The lowest BCUT2D eigenvalue weighted by Gasteiger charge is -2.23. The Morgan fingerprint density at radius 1 is 1.12 bits per heavy atom. The van der Waals surface area contributed by atoms with E-state index in [1.807, 2.05) is 30.3 Å². The smallest absolute Gasteiger partial charge is 0.251 e. The molecule has 1 aliphatic rings. The van der Waals surface area contributed by atoms with Gasteiger partial charge in [-0.2, -0.15) is 0 Å². The number of hydrogen-bond donors (Lipinski definition) is 2. The molecular weight excluding hydrogens is 334 g/mol. The van der Waals surface area contributed by atoms with Crippen LogP contribution in [-0.2, 0) is 6.42 Å². The summed E-state index contributed by atoms with van der Waals surface area (Å²) in [4.78, 5) is 16.7. The molecule has 4 nitrogen and oxygen atoms in total. The molecule has 0 spiro atoms. The van der Waals surface area contributed by atoms with Gasteiger partial charge in [-0.1, -0.05) is 43.0 Å². The maximum Gasteiger partial charge on any atom is 0.251 e. The highest BCUT2D eigenvalue weighted by atomic mass is 35.5. The van der Waals surface area contributed by atoms with E-state index in [1.165, 1.54) is 32.1 Å². The number of rotatable bonds is 6. The maximum atomic E-state index is 12.3. The Balaban J connectivity index is 1.51. The summed E-state index contributed by atoms with van der Waals surface area (Å²) < 4.78 is 0. The van der Waals surface area contributed by atoms with Gasteiger partial charge in [0.25, 0.3) is 5.91 Å². The monoisotopic (exact) mass is 357 g/mol. The summed E-state index contributed by atoms with van der Waals surface area (Å²) in [5, 5.41) is 7.15. The van der Waals surface area contributed by atoms with Gasteiger partial charge < -0.3 is 10.6 Å². The molecule has 2 N–H and O–H groups in total. The molecule has 1 heterocycles. The zero-order valence-electron chi connectivity index (χ0n) is 14.3. The van der Waals surface area contributed by atoms with Crippen molar-refractivity contribution in [3.63, 3.8) is 0 Å². The first-order chi connectivity index (χ1) is 12.2. The second-order valence-electron chi connectivity index (χ2n) is 6.54. The van der Waals surface area contributed by atoms with Crippen LogP contribution in [0.3, 0.4) is 0 Å². The van der Waals surface area contributed by atoms with Crippen molar-refractivity contribution in [2.75, 3.05) is 11.9 Å². The second kappa shape index (κ2) is 8.86. The Labute approximate surface area is 154 Å². The van der Waals surface area contributed by atoms with Crippen LogP contribution < -0.4 is 10.6 Å². The number of carbonyl (C=O) groups excluding carboxylic acids is 1. The Morgan fingerprint density at radius 3 is 2.64 bits per heavy atom. The fourth-order valence-corrected chi connectivity index (χ4v) is 3.31. The van der Waals surface area contributed by atoms with E-state index in [9.17, 15) is 4.79 Å². The van der Waals surface area contributed by atoms with Crippen LogP contribution in [0.25, 0.3) is 0 Å². The molecule has 0 radical (unpaired) electrons. The first-order valence-electron chi connectivity index (χ1n) is 8.96. The third kappa shape index (κ3) is 5.46. The summed E-state index contributed by atoms with van der Waals surface area (Å²) in [7, 11) is 0. The molecule has 25 heavy (non-hydrogen) atoms. The van der Waals surface area contributed by atoms with Crippen molar-refractivity contribution in [1.82, 2.24) is 10.3 Å². The predicted molar refractivity (Wildman–Crippen MR) is 102 cm³/mol. The van der Waals surface area contributed by atoms with E-state index in [2.05, 4.69) is 15.6 Å². The number of halogens is 1. The Kier molecular flexibility index (Phi) is 6.29. The molecule has 0 saturated heterocycles. The summed E-state index contributed by atoms with van der Waals surface area (Å²) in [5.74, 6) is 0.723. The molecule has 5 heteroatoms. The lowest BCUT2D eigenvalue weighted by atomic mass is 9.95. The zero-order valence-corrected chi connectivity index (χ0v) is 15.1. The largest absolute Gasteiger partial charge is 0.367 e. The van der Waals surface area contributed by atoms with Crippen molar-refractivity contribution >= 4 is 23.3 Å². The first kappa shape index (κ1) is 17.7. The summed E-state index contributed by atoms with van der Waals surface area (Å²) >= 11 is 5.88. The highest BCUT2D eigenvalue weighted by molar-refractivity contribution is 6.30. The van der Waals surface area contributed by atoms with Crippen LogP contribution in [-0.4, -0.2) is 23.5 Å². The van der Waals surface area contributed by atoms with Crippen molar-refractivity contribution in [1.29, 1.82) is 0 Å². The van der Waals surface area contributed by atoms with E-state index < -0.39 is 0 Å². The molecule has 3 rings (SSSR count). The van der Waals surface area contributed by atoms with Crippen LogP contribution in [0.1, 0.15) is 48.0 Å². The average molecular weight is 358 g/mol. The fraction of sp³-hybridized carbons (Fsp3) is 0.400. The molecule has 0 aliphatic heterocycles. The number of carbonyl (C=O) groups is 1. The summed E-state index contributed by atoms with van der Waals surface area (Å²) in [6.45, 7) is 0.591. The van der Waals surface area contributed by atoms with E-state index >= 15 is 0 Å². The van der Waals surface area contributed by atoms with Crippen molar-refractivity contribution in [3.05, 3.63) is 58.7 Å². The number of anilines is 1. The van der Waals surface area contributed by atoms with E-state index in [0.29, 0.717) is 18.2 Å². The number of pyridine rings is 1. The summed E-state index contributed by atoms with van der Waals surface area (Å²) in [6, 6.07) is 11.8. The molecule has 1 aromatic carbocycles. The quantitative estimate of drug-likeness (QED) is 0.802. The van der Waals surface area contributed by atoms with Gasteiger partial charge in [-0.3, -0.25) is 4.79 Å². The molecule has 1 fully saturated rings. The number of aromatic nitrogens is 1. The van der Waals surface area contributed by atoms with Crippen LogP contribution in [0.15, 0.2) is 42.6 Å². The summed E-state index contributed by atoms with van der Waals surface area (Å²) in [5.41, 5.74) is 1.79. The van der Waals surface area contributed by atoms with Gasteiger partial charge in [0.1, 0.15) is 5.82 Å². The molecule has 132 valence electrons. The van der Waals surface area contributed by atoms with Gasteiger partial charge in [0, 0.05) is 29.4 Å².